The van der Waals surface area contributed by atoms with Crippen LogP contribution in [-0.2, 0) is 21.4 Å². The fraction of sp³-hybridized carbons (Fsp3) is 0.136. The van der Waals surface area contributed by atoms with Crippen molar-refractivity contribution in [1.29, 1.82) is 0 Å². The van der Waals surface area contributed by atoms with Crippen molar-refractivity contribution in [3.63, 3.8) is 0 Å². The second-order valence-electron chi connectivity index (χ2n) is 6.74. The van der Waals surface area contributed by atoms with Gasteiger partial charge in [0.1, 0.15) is 5.75 Å². The lowest BCUT2D eigenvalue weighted by Crippen LogP contribution is -2.29. The summed E-state index contributed by atoms with van der Waals surface area (Å²) in [5.74, 6) is 0.149. The van der Waals surface area contributed by atoms with E-state index in [1.807, 2.05) is 12.1 Å². The van der Waals surface area contributed by atoms with Crippen LogP contribution < -0.4 is 14.4 Å². The van der Waals surface area contributed by atoms with Gasteiger partial charge in [-0.25, -0.2) is 8.42 Å². The van der Waals surface area contributed by atoms with E-state index in [1.165, 1.54) is 4.31 Å². The number of hydrogen-bond donors (Lipinski definition) is 1. The minimum atomic E-state index is -3.51. The quantitative estimate of drug-likeness (QED) is 0.446. The van der Waals surface area contributed by atoms with E-state index >= 15 is 0 Å². The Morgan fingerprint density at radius 1 is 1.06 bits per heavy atom. The third kappa shape index (κ3) is 6.99. The normalized spacial score (nSPS) is 11.1. The predicted octanol–water partition coefficient (Wildman–Crippen LogP) is 5.09. The topological polar surface area (TPSA) is 75.7 Å². The molecule has 0 aliphatic rings. The van der Waals surface area contributed by atoms with E-state index in [9.17, 15) is 13.2 Å². The van der Waals surface area contributed by atoms with Crippen LogP contribution in [0.2, 0.25) is 5.02 Å². The molecule has 0 saturated heterocycles. The number of anilines is 2. The molecule has 0 unspecified atom stereocenters. The van der Waals surface area contributed by atoms with Gasteiger partial charge in [-0.1, -0.05) is 45.7 Å². The monoisotopic (exact) mass is 522 g/mol. The highest BCUT2D eigenvalue weighted by molar-refractivity contribution is 9.10. The molecule has 162 valence electrons. The van der Waals surface area contributed by atoms with Gasteiger partial charge in [-0.15, -0.1) is 0 Å². The van der Waals surface area contributed by atoms with Gasteiger partial charge in [-0.3, -0.25) is 9.10 Å². The summed E-state index contributed by atoms with van der Waals surface area (Å²) in [6, 6.07) is 20.8. The molecule has 0 bridgehead atoms. The molecule has 0 aliphatic carbocycles. The van der Waals surface area contributed by atoms with Crippen LogP contribution in [0.15, 0.2) is 77.3 Å². The Kier molecular flexibility index (Phi) is 7.59. The molecule has 3 aromatic carbocycles. The van der Waals surface area contributed by atoms with Gasteiger partial charge in [-0.05, 0) is 60.2 Å². The number of hydrogen-bond acceptors (Lipinski definition) is 4. The Morgan fingerprint density at radius 2 is 1.74 bits per heavy atom. The Labute approximate surface area is 195 Å². The van der Waals surface area contributed by atoms with E-state index in [4.69, 9.17) is 16.3 Å². The molecular weight excluding hydrogens is 504 g/mol. The third-order valence-corrected chi connectivity index (χ3v) is 6.13. The van der Waals surface area contributed by atoms with E-state index in [-0.39, 0.29) is 19.1 Å². The van der Waals surface area contributed by atoms with Crippen LogP contribution in [0.3, 0.4) is 0 Å². The van der Waals surface area contributed by atoms with Gasteiger partial charge in [-0.2, -0.15) is 0 Å². The molecule has 1 amide bonds. The fourth-order valence-corrected chi connectivity index (χ4v) is 4.19. The maximum absolute atomic E-state index is 12.3. The van der Waals surface area contributed by atoms with E-state index in [1.54, 1.807) is 60.7 Å². The van der Waals surface area contributed by atoms with E-state index in [0.717, 1.165) is 16.3 Å². The summed E-state index contributed by atoms with van der Waals surface area (Å²) < 4.78 is 32.3. The lowest BCUT2D eigenvalue weighted by Gasteiger charge is -2.23. The first-order valence-corrected chi connectivity index (χ1v) is 12.2. The zero-order valence-corrected chi connectivity index (χ0v) is 19.7. The summed E-state index contributed by atoms with van der Waals surface area (Å²) in [5, 5.41) is 3.33. The van der Waals surface area contributed by atoms with E-state index in [0.29, 0.717) is 22.1 Å². The molecule has 3 aromatic rings. The number of nitrogens with zero attached hydrogens (tertiary/aromatic N) is 1. The van der Waals surface area contributed by atoms with E-state index in [2.05, 4.69) is 21.2 Å². The molecule has 6 nitrogen and oxygen atoms in total. The molecule has 31 heavy (non-hydrogen) atoms. The molecule has 0 aliphatic heterocycles. The largest absolute Gasteiger partial charge is 0.484 e. The van der Waals surface area contributed by atoms with Gasteiger partial charge >= 0.3 is 0 Å². The Bertz CT molecular complexity index is 1150. The van der Waals surface area contributed by atoms with Crippen LogP contribution in [0.1, 0.15) is 5.56 Å². The summed E-state index contributed by atoms with van der Waals surface area (Å²) >= 11 is 9.25. The first kappa shape index (κ1) is 23.1. The van der Waals surface area contributed by atoms with Crippen molar-refractivity contribution in [2.24, 2.45) is 0 Å². The second kappa shape index (κ2) is 10.2. The number of nitrogens with one attached hydrogen (secondary N) is 1. The van der Waals surface area contributed by atoms with E-state index < -0.39 is 10.0 Å². The van der Waals surface area contributed by atoms with Crippen LogP contribution >= 0.6 is 27.5 Å². The lowest BCUT2D eigenvalue weighted by molar-refractivity contribution is -0.118. The SMILES string of the molecule is CS(=O)(=O)N(Cc1ccc(Cl)cc1)c1ccc(OCC(=O)Nc2cccc(Br)c2)cc1. The van der Waals surface area contributed by atoms with Crippen molar-refractivity contribution in [3.8, 4) is 5.75 Å². The van der Waals surface area contributed by atoms with Gasteiger partial charge < -0.3 is 10.1 Å². The number of sulfonamides is 1. The molecule has 0 heterocycles. The Balaban J connectivity index is 1.64. The number of carbonyl (C=O) groups is 1. The van der Waals surface area contributed by atoms with Gasteiger partial charge in [0.25, 0.3) is 5.91 Å². The fourth-order valence-electron chi connectivity index (χ4n) is 2.78. The molecule has 3 rings (SSSR count). The summed E-state index contributed by atoms with van der Waals surface area (Å²) in [5.41, 5.74) is 1.95. The summed E-state index contributed by atoms with van der Waals surface area (Å²) in [6.45, 7) is -0.00231. The van der Waals surface area contributed by atoms with Crippen LogP contribution in [0, 0.1) is 0 Å². The molecule has 9 heteroatoms. The number of benzene rings is 3. The lowest BCUT2D eigenvalue weighted by atomic mass is 10.2. The van der Waals surface area contributed by atoms with Crippen LogP contribution in [-0.4, -0.2) is 27.2 Å². The van der Waals surface area contributed by atoms with Gasteiger partial charge in [0.2, 0.25) is 10.0 Å². The smallest absolute Gasteiger partial charge is 0.262 e. The highest BCUT2D eigenvalue weighted by Gasteiger charge is 2.18. The van der Waals surface area contributed by atoms with Crippen molar-refractivity contribution in [2.45, 2.75) is 6.54 Å². The zero-order chi connectivity index (χ0) is 22.4. The Morgan fingerprint density at radius 3 is 2.35 bits per heavy atom. The van der Waals surface area contributed by atoms with Gasteiger partial charge in [0.15, 0.2) is 6.61 Å². The molecule has 0 saturated carbocycles. The third-order valence-electron chi connectivity index (χ3n) is 4.24. The molecule has 0 fully saturated rings. The number of rotatable bonds is 8. The summed E-state index contributed by atoms with van der Waals surface area (Å²) in [7, 11) is -3.51. The Hall–Kier alpha value is -2.55. The molecule has 0 aromatic heterocycles. The minimum absolute atomic E-state index is 0.172. The molecular formula is C22H20BrClN2O4S. The molecule has 1 N–H and O–H groups in total. The standard InChI is InChI=1S/C22H20BrClN2O4S/c1-31(28,29)26(14-16-5-7-18(24)8-6-16)20-9-11-21(12-10-20)30-15-22(27)25-19-4-2-3-17(23)13-19/h2-13H,14-15H2,1H3,(H,25,27). The van der Waals surface area contributed by atoms with Gasteiger partial charge in [0, 0.05) is 15.2 Å². The summed E-state index contributed by atoms with van der Waals surface area (Å²) in [4.78, 5) is 12.1. The van der Waals surface area contributed by atoms with Gasteiger partial charge in [0.05, 0.1) is 18.5 Å². The number of halogens is 2. The second-order valence-corrected chi connectivity index (χ2v) is 10.00. The van der Waals surface area contributed by atoms with Crippen molar-refractivity contribution < 1.29 is 17.9 Å². The summed E-state index contributed by atoms with van der Waals surface area (Å²) in [6.07, 6.45) is 1.15. The van der Waals surface area contributed by atoms with Crippen LogP contribution in [0.25, 0.3) is 0 Å². The first-order chi connectivity index (χ1) is 14.7. The van der Waals surface area contributed by atoms with Crippen molar-refractivity contribution in [3.05, 3.63) is 87.9 Å². The molecule has 0 spiro atoms. The highest BCUT2D eigenvalue weighted by atomic mass is 79.9. The number of amides is 1. The minimum Gasteiger partial charge on any atom is -0.484 e. The maximum Gasteiger partial charge on any atom is 0.262 e. The van der Waals surface area contributed by atoms with Crippen molar-refractivity contribution in [1.82, 2.24) is 0 Å². The van der Waals surface area contributed by atoms with Crippen LogP contribution in [0.5, 0.6) is 5.75 Å². The molecule has 0 radical (unpaired) electrons. The average Bonchev–Trinajstić information content (AvgIpc) is 2.71. The maximum atomic E-state index is 12.3. The van der Waals surface area contributed by atoms with Crippen molar-refractivity contribution in [2.75, 3.05) is 22.5 Å². The average molecular weight is 524 g/mol. The highest BCUT2D eigenvalue weighted by Crippen LogP contribution is 2.24. The van der Waals surface area contributed by atoms with Crippen LogP contribution in [0.4, 0.5) is 11.4 Å². The zero-order valence-electron chi connectivity index (χ0n) is 16.6. The number of carbonyl (C=O) groups excluding carboxylic acids is 1. The molecule has 0 atom stereocenters. The first-order valence-electron chi connectivity index (χ1n) is 9.21. The predicted molar refractivity (Wildman–Crippen MR) is 127 cm³/mol. The van der Waals surface area contributed by atoms with Crippen molar-refractivity contribution >= 4 is 54.8 Å². The number of ether oxygens (including phenoxy) is 1.